The normalized spacial score (nSPS) is 9.76. The van der Waals surface area contributed by atoms with Crippen molar-refractivity contribution in [3.8, 4) is 0 Å². The maximum absolute atomic E-state index is 11.4. The summed E-state index contributed by atoms with van der Waals surface area (Å²) in [7, 11) is 0. The summed E-state index contributed by atoms with van der Waals surface area (Å²) in [6, 6.07) is -0.464. The molecule has 17 heavy (non-hydrogen) atoms. The highest BCUT2D eigenvalue weighted by atomic mass is 16.5. The first-order valence-corrected chi connectivity index (χ1v) is 5.38. The summed E-state index contributed by atoms with van der Waals surface area (Å²) in [4.78, 5) is 22.3. The van der Waals surface area contributed by atoms with E-state index in [-0.39, 0.29) is 6.54 Å². The van der Waals surface area contributed by atoms with Crippen LogP contribution in [0.25, 0.3) is 0 Å². The highest BCUT2D eigenvalue weighted by molar-refractivity contribution is 5.91. The van der Waals surface area contributed by atoms with Crippen LogP contribution in [0.3, 0.4) is 0 Å². The van der Waals surface area contributed by atoms with Gasteiger partial charge in [-0.15, -0.1) is 0 Å². The van der Waals surface area contributed by atoms with E-state index < -0.39 is 12.0 Å². The van der Waals surface area contributed by atoms with E-state index in [4.69, 9.17) is 0 Å². The van der Waals surface area contributed by atoms with Crippen molar-refractivity contribution in [3.05, 3.63) is 12.4 Å². The molecule has 1 aromatic rings. The Kier molecular flexibility index (Phi) is 4.99. The van der Waals surface area contributed by atoms with Crippen molar-refractivity contribution in [1.29, 1.82) is 0 Å². The largest absolute Gasteiger partial charge is 0.465 e. The predicted octanol–water partition coefficient (Wildman–Crippen LogP) is 0.588. The summed E-state index contributed by atoms with van der Waals surface area (Å²) in [6.45, 7) is 4.52. The van der Waals surface area contributed by atoms with E-state index in [1.807, 2.05) is 6.92 Å². The molecule has 0 spiro atoms. The Morgan fingerprint density at radius 2 is 2.24 bits per heavy atom. The van der Waals surface area contributed by atoms with E-state index in [0.717, 1.165) is 6.54 Å². The fourth-order valence-corrected chi connectivity index (χ4v) is 1.14. The molecule has 0 bridgehead atoms. The van der Waals surface area contributed by atoms with Crippen LogP contribution >= 0.6 is 0 Å². The molecule has 0 aliphatic carbocycles. The van der Waals surface area contributed by atoms with Gasteiger partial charge in [-0.1, -0.05) is 0 Å². The maximum atomic E-state index is 11.4. The predicted molar refractivity (Wildman–Crippen MR) is 61.6 cm³/mol. The Bertz CT molecular complexity index is 389. The Morgan fingerprint density at radius 1 is 1.47 bits per heavy atom. The van der Waals surface area contributed by atoms with E-state index in [2.05, 4.69) is 20.5 Å². The third-order valence-electron chi connectivity index (χ3n) is 1.91. The first-order chi connectivity index (χ1) is 8.15. The van der Waals surface area contributed by atoms with E-state index >= 15 is 0 Å². The molecule has 1 heterocycles. The second-order valence-electron chi connectivity index (χ2n) is 3.20. The van der Waals surface area contributed by atoms with Crippen LogP contribution < -0.4 is 10.6 Å². The number of amides is 2. The zero-order valence-electron chi connectivity index (χ0n) is 9.90. The molecule has 1 aromatic heterocycles. The number of carbonyl (C=O) groups is 2. The van der Waals surface area contributed by atoms with Crippen LogP contribution in [0.2, 0.25) is 0 Å². The minimum absolute atomic E-state index is 0.151. The molecule has 0 fully saturated rings. The van der Waals surface area contributed by atoms with Gasteiger partial charge in [0.25, 0.3) is 0 Å². The summed E-state index contributed by atoms with van der Waals surface area (Å²) in [5.74, 6) is -0.466. The number of urea groups is 1. The average Bonchev–Trinajstić information content (AvgIpc) is 2.74. The van der Waals surface area contributed by atoms with E-state index in [0.29, 0.717) is 12.3 Å². The smallest absolute Gasteiger partial charge is 0.325 e. The molecule has 2 amide bonds. The van der Waals surface area contributed by atoms with E-state index in [1.54, 1.807) is 17.8 Å². The Morgan fingerprint density at radius 3 is 2.82 bits per heavy atom. The molecule has 0 saturated heterocycles. The highest BCUT2D eigenvalue weighted by Crippen LogP contribution is 2.03. The fourth-order valence-electron chi connectivity index (χ4n) is 1.14. The standard InChI is InChI=1S/C10H16N4O3/c1-3-14-7-8(5-12-14)13-10(16)11-6-9(15)17-4-2/h5,7H,3-4,6H2,1-2H3,(H2,11,13,16). The summed E-state index contributed by atoms with van der Waals surface area (Å²) in [5, 5.41) is 8.93. The van der Waals surface area contributed by atoms with Crippen molar-refractivity contribution < 1.29 is 14.3 Å². The van der Waals surface area contributed by atoms with Gasteiger partial charge in [0, 0.05) is 12.7 Å². The number of carbonyl (C=O) groups excluding carboxylic acids is 2. The fraction of sp³-hybridized carbons (Fsp3) is 0.500. The number of ether oxygens (including phenoxy) is 1. The maximum Gasteiger partial charge on any atom is 0.325 e. The molecule has 0 aliphatic heterocycles. The number of aryl methyl sites for hydroxylation is 1. The van der Waals surface area contributed by atoms with Gasteiger partial charge in [-0.05, 0) is 13.8 Å². The number of nitrogens with one attached hydrogen (secondary N) is 2. The Balaban J connectivity index is 2.32. The summed E-state index contributed by atoms with van der Waals surface area (Å²) in [6.07, 6.45) is 3.23. The second kappa shape index (κ2) is 6.51. The molecule has 0 radical (unpaired) electrons. The van der Waals surface area contributed by atoms with Crippen molar-refractivity contribution in [2.75, 3.05) is 18.5 Å². The quantitative estimate of drug-likeness (QED) is 0.737. The topological polar surface area (TPSA) is 85.2 Å². The van der Waals surface area contributed by atoms with Gasteiger partial charge in [-0.25, -0.2) is 4.79 Å². The lowest BCUT2D eigenvalue weighted by Gasteiger charge is -2.05. The van der Waals surface area contributed by atoms with Crippen molar-refractivity contribution >= 4 is 17.7 Å². The minimum Gasteiger partial charge on any atom is -0.465 e. The number of nitrogens with zero attached hydrogens (tertiary/aromatic N) is 2. The van der Waals surface area contributed by atoms with E-state index in [9.17, 15) is 9.59 Å². The van der Waals surface area contributed by atoms with Gasteiger partial charge < -0.3 is 15.4 Å². The monoisotopic (exact) mass is 240 g/mol. The summed E-state index contributed by atoms with van der Waals surface area (Å²) < 4.78 is 6.35. The first kappa shape index (κ1) is 13.0. The molecule has 7 heteroatoms. The molecule has 0 unspecified atom stereocenters. The van der Waals surface area contributed by atoms with Gasteiger partial charge >= 0.3 is 12.0 Å². The number of hydrogen-bond acceptors (Lipinski definition) is 4. The van der Waals surface area contributed by atoms with Gasteiger partial charge in [-0.3, -0.25) is 9.48 Å². The SMILES string of the molecule is CCOC(=O)CNC(=O)Nc1cnn(CC)c1. The average molecular weight is 240 g/mol. The third-order valence-corrected chi connectivity index (χ3v) is 1.91. The lowest BCUT2D eigenvalue weighted by Crippen LogP contribution is -2.34. The Hall–Kier alpha value is -2.05. The zero-order valence-corrected chi connectivity index (χ0v) is 9.90. The Labute approximate surface area is 99.1 Å². The molecule has 0 atom stereocenters. The number of esters is 1. The van der Waals surface area contributed by atoms with Crippen LogP contribution in [0.1, 0.15) is 13.8 Å². The molecule has 7 nitrogen and oxygen atoms in total. The van der Waals surface area contributed by atoms with Gasteiger partial charge in [0.05, 0.1) is 18.5 Å². The number of anilines is 1. The van der Waals surface area contributed by atoms with Gasteiger partial charge in [0.2, 0.25) is 0 Å². The molecule has 94 valence electrons. The molecule has 1 rings (SSSR count). The molecule has 0 aliphatic rings. The summed E-state index contributed by atoms with van der Waals surface area (Å²) >= 11 is 0. The molecular formula is C10H16N4O3. The van der Waals surface area contributed by atoms with E-state index in [1.165, 1.54) is 6.20 Å². The zero-order chi connectivity index (χ0) is 12.7. The van der Waals surface area contributed by atoms with Crippen LogP contribution in [-0.4, -0.2) is 34.9 Å². The summed E-state index contributed by atoms with van der Waals surface area (Å²) in [5.41, 5.74) is 0.577. The molecular weight excluding hydrogens is 224 g/mol. The van der Waals surface area contributed by atoms with Crippen LogP contribution in [0.4, 0.5) is 10.5 Å². The van der Waals surface area contributed by atoms with Crippen LogP contribution in [0.5, 0.6) is 0 Å². The van der Waals surface area contributed by atoms with Crippen LogP contribution in [0.15, 0.2) is 12.4 Å². The highest BCUT2D eigenvalue weighted by Gasteiger charge is 2.06. The number of rotatable bonds is 5. The van der Waals surface area contributed by atoms with Crippen molar-refractivity contribution in [1.82, 2.24) is 15.1 Å². The molecule has 2 N–H and O–H groups in total. The van der Waals surface area contributed by atoms with Crippen molar-refractivity contribution in [2.24, 2.45) is 0 Å². The molecule has 0 saturated carbocycles. The lowest BCUT2D eigenvalue weighted by molar-refractivity contribution is -0.141. The molecule has 0 aromatic carbocycles. The van der Waals surface area contributed by atoms with Gasteiger partial charge in [0.15, 0.2) is 0 Å². The minimum atomic E-state index is -0.466. The van der Waals surface area contributed by atoms with Crippen LogP contribution in [-0.2, 0) is 16.1 Å². The number of aromatic nitrogens is 2. The van der Waals surface area contributed by atoms with Gasteiger partial charge in [-0.2, -0.15) is 5.10 Å². The number of hydrogen-bond donors (Lipinski definition) is 2. The van der Waals surface area contributed by atoms with Crippen molar-refractivity contribution in [2.45, 2.75) is 20.4 Å². The lowest BCUT2D eigenvalue weighted by atomic mass is 10.5. The second-order valence-corrected chi connectivity index (χ2v) is 3.20. The third kappa shape index (κ3) is 4.54. The van der Waals surface area contributed by atoms with Crippen LogP contribution in [0, 0.1) is 0 Å². The first-order valence-electron chi connectivity index (χ1n) is 5.38. The van der Waals surface area contributed by atoms with Crippen molar-refractivity contribution in [3.63, 3.8) is 0 Å². The van der Waals surface area contributed by atoms with Gasteiger partial charge in [0.1, 0.15) is 6.54 Å².